The van der Waals surface area contributed by atoms with E-state index in [-0.39, 0.29) is 30.3 Å². The molecule has 0 amide bonds. The number of esters is 1. The number of benzene rings is 2. The zero-order valence-electron chi connectivity index (χ0n) is 16.1. The fourth-order valence-corrected chi connectivity index (χ4v) is 7.60. The van der Waals surface area contributed by atoms with Gasteiger partial charge >= 0.3 is 5.97 Å². The number of hydrogen-bond acceptors (Lipinski definition) is 3. The largest absolute Gasteiger partial charge is 0.469 e. The van der Waals surface area contributed by atoms with Gasteiger partial charge in [-0.1, -0.05) is 66.8 Å². The van der Waals surface area contributed by atoms with Crippen molar-refractivity contribution in [3.05, 3.63) is 89.8 Å². The molecule has 2 aromatic rings. The molecule has 0 radical (unpaired) electrons. The Morgan fingerprint density at radius 3 is 2.32 bits per heavy atom. The molecule has 4 nitrogen and oxygen atoms in total. The molecule has 0 spiro atoms. The monoisotopic (exact) mass is 393 g/mol. The summed E-state index contributed by atoms with van der Waals surface area (Å²) < 4.78 is 21.4. The number of rotatable bonds is 4. The molecule has 0 saturated carbocycles. The van der Waals surface area contributed by atoms with Crippen LogP contribution < -0.4 is 5.30 Å². The summed E-state index contributed by atoms with van der Waals surface area (Å²) in [5, 5.41) is 1.76. The minimum atomic E-state index is -2.96. The van der Waals surface area contributed by atoms with Gasteiger partial charge in [0.05, 0.1) is 19.6 Å². The fourth-order valence-electron chi connectivity index (χ4n) is 4.34. The Balaban J connectivity index is 1.83. The normalized spacial score (nSPS) is 29.2. The Labute approximate surface area is 165 Å². The molecule has 1 fully saturated rings. The van der Waals surface area contributed by atoms with E-state index in [0.717, 1.165) is 16.2 Å². The van der Waals surface area contributed by atoms with E-state index in [0.29, 0.717) is 0 Å². The molecule has 0 unspecified atom stereocenters. The SMILES string of the molecule is COC(=O)C[C@H]1C=C[C@H]2C(=C1)[P@](=O)(c1ccccc1)N(C)[C@@H]2c1ccccc1. The zero-order valence-corrected chi connectivity index (χ0v) is 17.0. The van der Waals surface area contributed by atoms with Crippen LogP contribution in [0.1, 0.15) is 18.0 Å². The van der Waals surface area contributed by atoms with Gasteiger partial charge in [0.1, 0.15) is 0 Å². The molecule has 0 bridgehead atoms. The molecule has 4 rings (SSSR count). The van der Waals surface area contributed by atoms with Crippen LogP contribution in [0.25, 0.3) is 0 Å². The highest BCUT2D eigenvalue weighted by Gasteiger charge is 2.52. The lowest BCUT2D eigenvalue weighted by atomic mass is 9.86. The maximum atomic E-state index is 14.5. The van der Waals surface area contributed by atoms with E-state index >= 15 is 0 Å². The summed E-state index contributed by atoms with van der Waals surface area (Å²) in [5.74, 6) is -0.337. The summed E-state index contributed by atoms with van der Waals surface area (Å²) in [5.41, 5.74) is 1.14. The maximum absolute atomic E-state index is 14.5. The van der Waals surface area contributed by atoms with Gasteiger partial charge in [0.25, 0.3) is 0 Å². The highest BCUT2D eigenvalue weighted by molar-refractivity contribution is 7.73. The predicted octanol–water partition coefficient (Wildman–Crippen LogP) is 4.53. The lowest BCUT2D eigenvalue weighted by Crippen LogP contribution is -2.22. The van der Waals surface area contributed by atoms with Crippen LogP contribution in [-0.4, -0.2) is 24.8 Å². The summed E-state index contributed by atoms with van der Waals surface area (Å²) >= 11 is 0. The first-order valence-corrected chi connectivity index (χ1v) is 11.1. The molecule has 1 aliphatic carbocycles. The zero-order chi connectivity index (χ0) is 19.7. The van der Waals surface area contributed by atoms with Crippen molar-refractivity contribution >= 4 is 18.6 Å². The van der Waals surface area contributed by atoms with E-state index < -0.39 is 7.29 Å². The molecule has 0 N–H and O–H groups in total. The Morgan fingerprint density at radius 1 is 1.04 bits per heavy atom. The second-order valence-corrected chi connectivity index (χ2v) is 10.1. The number of hydrogen-bond donors (Lipinski definition) is 0. The standard InChI is InChI=1S/C23H24NO3P/c1-24-23(18-9-5-3-6-10-18)20-14-13-17(16-22(25)27-2)15-21(20)28(24,26)19-11-7-4-8-12-19/h3-15,17,20,23H,16H2,1-2H3/t17-,20-,23+,28+/m0/s1. The summed E-state index contributed by atoms with van der Waals surface area (Å²) in [6, 6.07) is 19.9. The van der Waals surface area contributed by atoms with Crippen LogP contribution in [0.5, 0.6) is 0 Å². The van der Waals surface area contributed by atoms with Crippen LogP contribution in [0.4, 0.5) is 0 Å². The Bertz CT molecular complexity index is 968. The molecule has 5 heteroatoms. The van der Waals surface area contributed by atoms with Gasteiger partial charge in [-0.05, 0) is 24.7 Å². The second-order valence-electron chi connectivity index (χ2n) is 7.29. The smallest absolute Gasteiger partial charge is 0.306 e. The first-order valence-electron chi connectivity index (χ1n) is 9.47. The number of carbonyl (C=O) groups is 1. The average Bonchev–Trinajstić information content (AvgIpc) is 2.97. The number of fused-ring (bicyclic) bond motifs is 1. The Kier molecular flexibility index (Phi) is 5.09. The van der Waals surface area contributed by atoms with E-state index in [1.54, 1.807) is 0 Å². The Morgan fingerprint density at radius 2 is 1.68 bits per heavy atom. The molecule has 28 heavy (non-hydrogen) atoms. The van der Waals surface area contributed by atoms with Crippen molar-refractivity contribution in [2.45, 2.75) is 12.5 Å². The van der Waals surface area contributed by atoms with Gasteiger partial charge in [0.2, 0.25) is 7.29 Å². The van der Waals surface area contributed by atoms with Crippen molar-refractivity contribution in [1.82, 2.24) is 4.67 Å². The van der Waals surface area contributed by atoms with Gasteiger partial charge in [-0.2, -0.15) is 0 Å². The van der Waals surface area contributed by atoms with Crippen molar-refractivity contribution in [2.24, 2.45) is 11.8 Å². The summed E-state index contributed by atoms with van der Waals surface area (Å²) in [6.07, 6.45) is 6.47. The van der Waals surface area contributed by atoms with Crippen LogP contribution >= 0.6 is 7.29 Å². The van der Waals surface area contributed by atoms with E-state index in [1.807, 2.05) is 66.3 Å². The lowest BCUT2D eigenvalue weighted by molar-refractivity contribution is -0.141. The molecular formula is C23H24NO3P. The van der Waals surface area contributed by atoms with Gasteiger partial charge in [-0.25, -0.2) is 4.67 Å². The third kappa shape index (κ3) is 3.07. The van der Waals surface area contributed by atoms with Crippen LogP contribution in [0.3, 0.4) is 0 Å². The Hall–Kier alpha value is -2.42. The van der Waals surface area contributed by atoms with Gasteiger partial charge in [-0.15, -0.1) is 0 Å². The third-order valence-corrected chi connectivity index (χ3v) is 8.99. The quantitative estimate of drug-likeness (QED) is 0.435. The van der Waals surface area contributed by atoms with Gasteiger partial charge in [-0.3, -0.25) is 9.36 Å². The van der Waals surface area contributed by atoms with Gasteiger partial charge in [0.15, 0.2) is 0 Å². The highest BCUT2D eigenvalue weighted by atomic mass is 31.2. The molecule has 0 aromatic heterocycles. The van der Waals surface area contributed by atoms with Crippen LogP contribution in [0.15, 0.2) is 84.2 Å². The molecule has 4 atom stereocenters. The summed E-state index contributed by atoms with van der Waals surface area (Å²) in [7, 11) is 0.385. The number of nitrogens with zero attached hydrogens (tertiary/aromatic N) is 1. The van der Waals surface area contributed by atoms with Crippen LogP contribution in [0, 0.1) is 11.8 Å². The topological polar surface area (TPSA) is 46.6 Å². The number of allylic oxidation sites excluding steroid dienone is 2. The van der Waals surface area contributed by atoms with Crippen molar-refractivity contribution in [1.29, 1.82) is 0 Å². The first kappa shape index (κ1) is 18.9. The summed E-state index contributed by atoms with van der Waals surface area (Å²) in [6.45, 7) is 0. The number of carbonyl (C=O) groups excluding carboxylic acids is 1. The first-order chi connectivity index (χ1) is 13.6. The molecule has 2 aliphatic rings. The number of ether oxygens (including phenoxy) is 1. The van der Waals surface area contributed by atoms with Crippen LogP contribution in [0.2, 0.25) is 0 Å². The average molecular weight is 393 g/mol. The fraction of sp³-hybridized carbons (Fsp3) is 0.261. The maximum Gasteiger partial charge on any atom is 0.306 e. The van der Waals surface area contributed by atoms with Gasteiger partial charge in [0, 0.05) is 22.5 Å². The van der Waals surface area contributed by atoms with E-state index in [4.69, 9.17) is 4.74 Å². The molecule has 1 saturated heterocycles. The van der Waals surface area contributed by atoms with Gasteiger partial charge < -0.3 is 4.74 Å². The lowest BCUT2D eigenvalue weighted by Gasteiger charge is -2.26. The number of methoxy groups -OCH3 is 1. The second kappa shape index (κ2) is 7.54. The van der Waals surface area contributed by atoms with E-state index in [9.17, 15) is 9.36 Å². The molecule has 1 heterocycles. The molecule has 2 aromatic carbocycles. The third-order valence-electron chi connectivity index (χ3n) is 5.71. The van der Waals surface area contributed by atoms with Crippen LogP contribution in [-0.2, 0) is 14.1 Å². The highest BCUT2D eigenvalue weighted by Crippen LogP contribution is 2.70. The predicted molar refractivity (Wildman–Crippen MR) is 111 cm³/mol. The van der Waals surface area contributed by atoms with Crippen molar-refractivity contribution < 1.29 is 14.1 Å². The van der Waals surface area contributed by atoms with Crippen molar-refractivity contribution in [3.63, 3.8) is 0 Å². The summed E-state index contributed by atoms with van der Waals surface area (Å²) in [4.78, 5) is 11.8. The van der Waals surface area contributed by atoms with Crippen molar-refractivity contribution in [2.75, 3.05) is 14.2 Å². The molecule has 144 valence electrons. The molecular weight excluding hydrogens is 369 g/mol. The minimum Gasteiger partial charge on any atom is -0.469 e. The van der Waals surface area contributed by atoms with E-state index in [2.05, 4.69) is 24.3 Å². The van der Waals surface area contributed by atoms with E-state index in [1.165, 1.54) is 7.11 Å². The van der Waals surface area contributed by atoms with Crippen molar-refractivity contribution in [3.8, 4) is 0 Å². The minimum absolute atomic E-state index is 0.00573. The molecule has 1 aliphatic heterocycles.